The highest BCUT2D eigenvalue weighted by Gasteiger charge is 1.87. The van der Waals surface area contributed by atoms with Gasteiger partial charge in [-0.1, -0.05) is 6.92 Å². The molecule has 0 atom stereocenters. The minimum Gasteiger partial charge on any atom is -0.469 e. The zero-order valence-corrected chi connectivity index (χ0v) is 4.02. The molecule has 0 bridgehead atoms. The van der Waals surface area contributed by atoms with Gasteiger partial charge in [-0.05, 0) is 11.0 Å². The first kappa shape index (κ1) is 9.84. The monoisotopic (exact) mass is 120 g/mol. The Labute approximate surface area is 47.9 Å². The van der Waals surface area contributed by atoms with E-state index in [1.165, 1.54) is 7.11 Å². The third-order valence-electron chi connectivity index (χ3n) is 0.516. The Kier molecular flexibility index (Phi) is 8.00. The fraction of sp³-hybridized carbons (Fsp3) is 0.750. The number of carbonyl (C=O) groups excluding carboxylic acids is 1. The maximum atomic E-state index is 9.96. The van der Waals surface area contributed by atoms with E-state index in [4.69, 9.17) is 0 Å². The fourth-order valence-corrected chi connectivity index (χ4v) is 0.144. The molecule has 0 heterocycles. The van der Waals surface area contributed by atoms with Gasteiger partial charge in [0.15, 0.2) is 0 Å². The van der Waals surface area contributed by atoms with E-state index >= 15 is 0 Å². The van der Waals surface area contributed by atoms with Crippen molar-refractivity contribution in [3.63, 3.8) is 0 Å². The molecule has 0 spiro atoms. The molecule has 0 amide bonds. The van der Waals surface area contributed by atoms with Crippen LogP contribution in [0.1, 0.15) is 13.3 Å². The van der Waals surface area contributed by atoms with Crippen molar-refractivity contribution < 1.29 is 9.53 Å². The Hall–Kier alpha value is -0.313. The standard InChI is InChI=1S/C4H8O2.H4Si/c1-3-4(5)6-2;/h3H2,1-2H3;1H4. The van der Waals surface area contributed by atoms with Gasteiger partial charge in [0.1, 0.15) is 0 Å². The summed E-state index contributed by atoms with van der Waals surface area (Å²) in [5, 5.41) is 0. The molecule has 0 rings (SSSR count). The van der Waals surface area contributed by atoms with E-state index in [1.54, 1.807) is 6.92 Å². The third kappa shape index (κ3) is 5.69. The van der Waals surface area contributed by atoms with E-state index in [9.17, 15) is 4.79 Å². The van der Waals surface area contributed by atoms with E-state index in [0.717, 1.165) is 0 Å². The molecule has 0 radical (unpaired) electrons. The zero-order valence-electron chi connectivity index (χ0n) is 4.02. The number of esters is 1. The second-order valence-corrected chi connectivity index (χ2v) is 0.930. The molecular weight excluding hydrogens is 108 g/mol. The second-order valence-electron chi connectivity index (χ2n) is 0.930. The molecular formula is C4H12O2Si. The molecule has 44 valence electrons. The van der Waals surface area contributed by atoms with Gasteiger partial charge in [-0.3, -0.25) is 4.79 Å². The van der Waals surface area contributed by atoms with E-state index in [-0.39, 0.29) is 16.9 Å². The summed E-state index contributed by atoms with van der Waals surface area (Å²) < 4.78 is 4.26. The molecule has 7 heavy (non-hydrogen) atoms. The first-order chi connectivity index (χ1) is 2.81. The molecule has 0 aromatic heterocycles. The first-order valence-corrected chi connectivity index (χ1v) is 1.88. The predicted molar refractivity (Wildman–Crippen MR) is 33.6 cm³/mol. The van der Waals surface area contributed by atoms with Gasteiger partial charge in [0.25, 0.3) is 0 Å². The molecule has 0 N–H and O–H groups in total. The summed E-state index contributed by atoms with van der Waals surface area (Å²) in [6, 6.07) is 0. The molecule has 3 heteroatoms. The van der Waals surface area contributed by atoms with E-state index in [0.29, 0.717) is 6.42 Å². The Morgan fingerprint density at radius 2 is 2.14 bits per heavy atom. The van der Waals surface area contributed by atoms with Gasteiger partial charge >= 0.3 is 5.97 Å². The van der Waals surface area contributed by atoms with Crippen molar-refractivity contribution in [3.05, 3.63) is 0 Å². The van der Waals surface area contributed by atoms with Gasteiger partial charge in [0, 0.05) is 6.42 Å². The van der Waals surface area contributed by atoms with Crippen LogP contribution in [0.3, 0.4) is 0 Å². The molecule has 0 aliphatic rings. The highest BCUT2D eigenvalue weighted by molar-refractivity contribution is 5.75. The lowest BCUT2D eigenvalue weighted by atomic mass is 10.5. The van der Waals surface area contributed by atoms with Gasteiger partial charge in [-0.15, -0.1) is 0 Å². The number of ether oxygens (including phenoxy) is 1. The number of carbonyl (C=O) groups is 1. The Balaban J connectivity index is 0. The summed E-state index contributed by atoms with van der Waals surface area (Å²) in [6.07, 6.45) is 0.469. The number of methoxy groups -OCH3 is 1. The summed E-state index contributed by atoms with van der Waals surface area (Å²) in [6.45, 7) is 1.76. The molecule has 0 aromatic carbocycles. The Morgan fingerprint density at radius 3 is 2.14 bits per heavy atom. The van der Waals surface area contributed by atoms with Crippen LogP contribution in [0.15, 0.2) is 0 Å². The van der Waals surface area contributed by atoms with E-state index in [1.807, 2.05) is 0 Å². The zero-order chi connectivity index (χ0) is 4.99. The van der Waals surface area contributed by atoms with E-state index in [2.05, 4.69) is 4.74 Å². The quantitative estimate of drug-likeness (QED) is 0.332. The van der Waals surface area contributed by atoms with Crippen LogP contribution >= 0.6 is 0 Å². The van der Waals surface area contributed by atoms with Crippen LogP contribution in [-0.4, -0.2) is 24.0 Å². The Bertz CT molecular complexity index is 47.7. The summed E-state index contributed by atoms with van der Waals surface area (Å²) in [5.41, 5.74) is 0. The van der Waals surface area contributed by atoms with Crippen LogP contribution in [0.25, 0.3) is 0 Å². The van der Waals surface area contributed by atoms with Crippen molar-refractivity contribution in [2.24, 2.45) is 0 Å². The van der Waals surface area contributed by atoms with Crippen LogP contribution in [0.5, 0.6) is 0 Å². The smallest absolute Gasteiger partial charge is 0.305 e. The Morgan fingerprint density at radius 1 is 1.71 bits per heavy atom. The van der Waals surface area contributed by atoms with Gasteiger partial charge < -0.3 is 4.74 Å². The van der Waals surface area contributed by atoms with Crippen molar-refractivity contribution >= 4 is 16.9 Å². The second kappa shape index (κ2) is 5.69. The van der Waals surface area contributed by atoms with Crippen molar-refractivity contribution in [1.82, 2.24) is 0 Å². The number of hydrogen-bond donors (Lipinski definition) is 0. The number of hydrogen-bond acceptors (Lipinski definition) is 2. The molecule has 2 nitrogen and oxygen atoms in total. The number of rotatable bonds is 1. The van der Waals surface area contributed by atoms with Crippen LogP contribution < -0.4 is 0 Å². The molecule has 0 saturated carbocycles. The van der Waals surface area contributed by atoms with Crippen molar-refractivity contribution in [3.8, 4) is 0 Å². The lowest BCUT2D eigenvalue weighted by Crippen LogP contribution is -1.94. The lowest BCUT2D eigenvalue weighted by Gasteiger charge is -1.87. The maximum Gasteiger partial charge on any atom is 0.305 e. The van der Waals surface area contributed by atoms with E-state index < -0.39 is 0 Å². The summed E-state index contributed by atoms with van der Waals surface area (Å²) in [4.78, 5) is 9.96. The molecule has 0 aliphatic carbocycles. The third-order valence-corrected chi connectivity index (χ3v) is 0.516. The summed E-state index contributed by atoms with van der Waals surface area (Å²) in [5.74, 6) is -0.157. The average molecular weight is 120 g/mol. The van der Waals surface area contributed by atoms with Crippen molar-refractivity contribution in [2.45, 2.75) is 13.3 Å². The highest BCUT2D eigenvalue weighted by Crippen LogP contribution is 1.76. The molecule has 0 aliphatic heterocycles. The average Bonchev–Trinajstić information content (AvgIpc) is 1.65. The molecule has 0 fully saturated rings. The maximum absolute atomic E-state index is 9.96. The van der Waals surface area contributed by atoms with Crippen molar-refractivity contribution in [2.75, 3.05) is 7.11 Å². The van der Waals surface area contributed by atoms with Crippen molar-refractivity contribution in [1.29, 1.82) is 0 Å². The van der Waals surface area contributed by atoms with Gasteiger partial charge in [0.2, 0.25) is 0 Å². The largest absolute Gasteiger partial charge is 0.469 e. The minimum atomic E-state index is -0.157. The van der Waals surface area contributed by atoms with Gasteiger partial charge in [-0.25, -0.2) is 0 Å². The minimum absolute atomic E-state index is 0. The summed E-state index contributed by atoms with van der Waals surface area (Å²) >= 11 is 0. The molecule has 0 saturated heterocycles. The fourth-order valence-electron chi connectivity index (χ4n) is 0.144. The lowest BCUT2D eigenvalue weighted by molar-refractivity contribution is -0.140. The van der Waals surface area contributed by atoms with Crippen LogP contribution in [0, 0.1) is 0 Å². The van der Waals surface area contributed by atoms with Gasteiger partial charge in [0.05, 0.1) is 7.11 Å². The first-order valence-electron chi connectivity index (χ1n) is 1.88. The molecule has 0 aromatic rings. The van der Waals surface area contributed by atoms with Crippen LogP contribution in [-0.2, 0) is 9.53 Å². The normalized spacial score (nSPS) is 6.57. The van der Waals surface area contributed by atoms with Crippen LogP contribution in [0.2, 0.25) is 0 Å². The highest BCUT2D eigenvalue weighted by atomic mass is 28.1. The van der Waals surface area contributed by atoms with Crippen LogP contribution in [0.4, 0.5) is 0 Å². The SMILES string of the molecule is CCC(=O)OC.[SiH4]. The molecule has 0 unspecified atom stereocenters. The summed E-state index contributed by atoms with van der Waals surface area (Å²) in [7, 11) is 1.38. The predicted octanol–water partition coefficient (Wildman–Crippen LogP) is -0.882. The topological polar surface area (TPSA) is 26.3 Å². The van der Waals surface area contributed by atoms with Gasteiger partial charge in [-0.2, -0.15) is 0 Å².